The molecule has 6 heteroatoms. The summed E-state index contributed by atoms with van der Waals surface area (Å²) in [5.41, 5.74) is 0.382. The van der Waals surface area contributed by atoms with Crippen LogP contribution in [0.5, 0.6) is 5.75 Å². The maximum atomic E-state index is 12.4. The zero-order valence-electron chi connectivity index (χ0n) is 14.0. The molecule has 0 radical (unpaired) electrons. The Balaban J connectivity index is 2.45. The van der Waals surface area contributed by atoms with E-state index in [-0.39, 0.29) is 0 Å². The number of hydrogen-bond acceptors (Lipinski definition) is 6. The zero-order chi connectivity index (χ0) is 17.0. The van der Waals surface area contributed by atoms with Crippen molar-refractivity contribution in [2.45, 2.75) is 32.8 Å². The maximum Gasteiger partial charge on any atom is 0.339 e. The topological polar surface area (TPSA) is 70.3 Å². The molecule has 0 unspecified atom stereocenters. The molecule has 0 fully saturated rings. The first-order valence-electron chi connectivity index (χ1n) is 7.23. The number of oxime groups is 1. The van der Waals surface area contributed by atoms with Crippen LogP contribution in [0.25, 0.3) is 11.0 Å². The summed E-state index contributed by atoms with van der Waals surface area (Å²) in [6.07, 6.45) is 2.02. The van der Waals surface area contributed by atoms with Crippen molar-refractivity contribution in [3.63, 3.8) is 0 Å². The molecule has 0 saturated carbocycles. The molecule has 1 heterocycles. The van der Waals surface area contributed by atoms with Gasteiger partial charge in [0.05, 0.1) is 18.9 Å². The minimum atomic E-state index is -0.568. The lowest BCUT2D eigenvalue weighted by Crippen LogP contribution is -2.23. The highest BCUT2D eigenvalue weighted by Gasteiger charge is 2.22. The second-order valence-electron chi connectivity index (χ2n) is 5.95. The van der Waals surface area contributed by atoms with Gasteiger partial charge in [-0.25, -0.2) is 4.79 Å². The minimum absolute atomic E-state index is 0.400. The summed E-state index contributed by atoms with van der Waals surface area (Å²) in [6.45, 7) is 5.48. The first-order valence-corrected chi connectivity index (χ1v) is 7.23. The van der Waals surface area contributed by atoms with Gasteiger partial charge < -0.3 is 18.7 Å². The lowest BCUT2D eigenvalue weighted by molar-refractivity contribution is 0.00718. The van der Waals surface area contributed by atoms with Crippen LogP contribution in [0.1, 0.15) is 36.9 Å². The van der Waals surface area contributed by atoms with Gasteiger partial charge >= 0.3 is 5.97 Å². The second kappa shape index (κ2) is 6.73. The van der Waals surface area contributed by atoms with Crippen LogP contribution in [-0.4, -0.2) is 32.0 Å². The predicted molar refractivity (Wildman–Crippen MR) is 87.1 cm³/mol. The number of rotatable bonds is 5. The van der Waals surface area contributed by atoms with E-state index in [1.54, 1.807) is 31.5 Å². The Morgan fingerprint density at radius 2 is 2.04 bits per heavy atom. The summed E-state index contributed by atoms with van der Waals surface area (Å²) >= 11 is 0. The third kappa shape index (κ3) is 4.03. The number of hydrogen-bond donors (Lipinski definition) is 0. The first kappa shape index (κ1) is 16.9. The molecule has 124 valence electrons. The Hall–Kier alpha value is -2.50. The van der Waals surface area contributed by atoms with E-state index < -0.39 is 11.6 Å². The van der Waals surface area contributed by atoms with Gasteiger partial charge in [-0.15, -0.1) is 0 Å². The first-order chi connectivity index (χ1) is 10.9. The average molecular weight is 319 g/mol. The summed E-state index contributed by atoms with van der Waals surface area (Å²) in [5.74, 6) is 0.806. The highest BCUT2D eigenvalue weighted by atomic mass is 16.6. The fraction of sp³-hybridized carbons (Fsp3) is 0.412. The molecule has 0 saturated heterocycles. The lowest BCUT2D eigenvalue weighted by Gasteiger charge is -2.19. The van der Waals surface area contributed by atoms with Crippen LogP contribution in [0.2, 0.25) is 0 Å². The van der Waals surface area contributed by atoms with Crippen molar-refractivity contribution in [2.24, 2.45) is 5.16 Å². The van der Waals surface area contributed by atoms with Gasteiger partial charge in [0.15, 0.2) is 11.3 Å². The standard InChI is InChI=1S/C17H21NO5/c1-17(2,3)23-16(19)12-6-7-14(20-4)15-13(12)10-11(22-15)8-9-18-21-5/h6-7,9-10H,8H2,1-5H3/b18-9-. The van der Waals surface area contributed by atoms with Crippen LogP contribution < -0.4 is 4.74 Å². The third-order valence-corrected chi connectivity index (χ3v) is 3.01. The highest BCUT2D eigenvalue weighted by molar-refractivity contribution is 6.05. The molecule has 1 aromatic heterocycles. The fourth-order valence-corrected chi connectivity index (χ4v) is 2.12. The number of fused-ring (bicyclic) bond motifs is 1. The molecule has 0 aliphatic heterocycles. The van der Waals surface area contributed by atoms with Gasteiger partial charge in [0.1, 0.15) is 18.5 Å². The van der Waals surface area contributed by atoms with E-state index >= 15 is 0 Å². The molecule has 23 heavy (non-hydrogen) atoms. The quantitative estimate of drug-likeness (QED) is 0.478. The largest absolute Gasteiger partial charge is 0.493 e. The van der Waals surface area contributed by atoms with Gasteiger partial charge in [-0.2, -0.15) is 0 Å². The van der Waals surface area contributed by atoms with Gasteiger partial charge in [0.2, 0.25) is 0 Å². The van der Waals surface area contributed by atoms with Crippen LogP contribution in [0.15, 0.2) is 27.8 Å². The smallest absolute Gasteiger partial charge is 0.339 e. The zero-order valence-corrected chi connectivity index (χ0v) is 14.0. The van der Waals surface area contributed by atoms with Crippen molar-refractivity contribution in [3.8, 4) is 5.75 Å². The van der Waals surface area contributed by atoms with Crippen molar-refractivity contribution in [1.82, 2.24) is 0 Å². The normalized spacial score (nSPS) is 11.9. The molecule has 6 nitrogen and oxygen atoms in total. The molecule has 1 aromatic carbocycles. The van der Waals surface area contributed by atoms with E-state index in [1.165, 1.54) is 7.11 Å². The summed E-state index contributed by atoms with van der Waals surface area (Å²) in [7, 11) is 3.02. The second-order valence-corrected chi connectivity index (χ2v) is 5.95. The number of carbonyl (C=O) groups excluding carboxylic acids is 1. The number of carbonyl (C=O) groups is 1. The Kier molecular flexibility index (Phi) is 4.93. The molecule has 2 aromatic rings. The van der Waals surface area contributed by atoms with Gasteiger partial charge in [0, 0.05) is 11.8 Å². The van der Waals surface area contributed by atoms with Gasteiger partial charge in [-0.3, -0.25) is 0 Å². The maximum absolute atomic E-state index is 12.4. The Labute approximate surface area is 135 Å². The van der Waals surface area contributed by atoms with Crippen LogP contribution in [0, 0.1) is 0 Å². The summed E-state index contributed by atoms with van der Waals surface area (Å²) < 4.78 is 16.5. The molecule has 0 bridgehead atoms. The van der Waals surface area contributed by atoms with Gasteiger partial charge in [-0.05, 0) is 39.0 Å². The predicted octanol–water partition coefficient (Wildman–Crippen LogP) is 3.57. The summed E-state index contributed by atoms with van der Waals surface area (Å²) in [5, 5.41) is 4.33. The van der Waals surface area contributed by atoms with Crippen molar-refractivity contribution in [3.05, 3.63) is 29.5 Å². The lowest BCUT2D eigenvalue weighted by atomic mass is 10.1. The molecule has 0 amide bonds. The molecular weight excluding hydrogens is 298 g/mol. The fourth-order valence-electron chi connectivity index (χ4n) is 2.12. The average Bonchev–Trinajstić information content (AvgIpc) is 2.88. The van der Waals surface area contributed by atoms with Crippen LogP contribution in [0.3, 0.4) is 0 Å². The summed E-state index contributed by atoms with van der Waals surface area (Å²) in [4.78, 5) is 17.0. The molecule has 2 rings (SSSR count). The Morgan fingerprint density at radius 3 is 2.65 bits per heavy atom. The number of esters is 1. The number of nitrogens with zero attached hydrogens (tertiary/aromatic N) is 1. The SMILES string of the molecule is CO/N=C\Cc1cc2c(C(=O)OC(C)(C)C)ccc(OC)c2o1. The van der Waals surface area contributed by atoms with Gasteiger partial charge in [0.25, 0.3) is 0 Å². The van der Waals surface area contributed by atoms with Crippen molar-refractivity contribution < 1.29 is 23.5 Å². The monoisotopic (exact) mass is 319 g/mol. The molecule has 0 atom stereocenters. The molecular formula is C17H21NO5. The molecule has 0 aliphatic carbocycles. The van der Waals surface area contributed by atoms with Crippen molar-refractivity contribution in [2.75, 3.05) is 14.2 Å². The number of benzene rings is 1. The van der Waals surface area contributed by atoms with Crippen molar-refractivity contribution in [1.29, 1.82) is 0 Å². The van der Waals surface area contributed by atoms with Crippen LogP contribution in [0.4, 0.5) is 0 Å². The molecule has 0 spiro atoms. The van der Waals surface area contributed by atoms with E-state index in [0.717, 1.165) is 0 Å². The Morgan fingerprint density at radius 1 is 1.30 bits per heavy atom. The Bertz CT molecular complexity index is 724. The number of ether oxygens (including phenoxy) is 2. The molecule has 0 N–H and O–H groups in total. The van der Waals surface area contributed by atoms with Crippen molar-refractivity contribution >= 4 is 23.2 Å². The highest BCUT2D eigenvalue weighted by Crippen LogP contribution is 2.32. The molecule has 0 aliphatic rings. The third-order valence-electron chi connectivity index (χ3n) is 3.01. The van der Waals surface area contributed by atoms with Gasteiger partial charge in [-0.1, -0.05) is 5.16 Å². The van der Waals surface area contributed by atoms with E-state index in [9.17, 15) is 4.79 Å². The van der Waals surface area contributed by atoms with E-state index in [1.807, 2.05) is 20.8 Å². The number of methoxy groups -OCH3 is 1. The van der Waals surface area contributed by atoms with E-state index in [2.05, 4.69) is 9.99 Å². The summed E-state index contributed by atoms with van der Waals surface area (Å²) in [6, 6.07) is 5.16. The van der Waals surface area contributed by atoms with E-state index in [4.69, 9.17) is 13.9 Å². The minimum Gasteiger partial charge on any atom is -0.493 e. The number of furan rings is 1. The van der Waals surface area contributed by atoms with Crippen LogP contribution >= 0.6 is 0 Å². The van der Waals surface area contributed by atoms with E-state index in [0.29, 0.717) is 34.5 Å². The van der Waals surface area contributed by atoms with Crippen LogP contribution in [-0.2, 0) is 16.0 Å².